The number of hydrogen-bond donors (Lipinski definition) is 0. The summed E-state index contributed by atoms with van der Waals surface area (Å²) in [6.45, 7) is 3.48. The number of aromatic nitrogens is 1. The molecule has 0 amide bonds. The number of aryl methyl sites for hydroxylation is 1. The molecule has 0 aliphatic carbocycles. The van der Waals surface area contributed by atoms with E-state index >= 15 is 0 Å². The highest BCUT2D eigenvalue weighted by molar-refractivity contribution is 5.89. The second kappa shape index (κ2) is 8.85. The van der Waals surface area contributed by atoms with Crippen LogP contribution in [0, 0.1) is 11.3 Å². The van der Waals surface area contributed by atoms with E-state index in [1.807, 2.05) is 42.5 Å². The standard InChI is InChI=1S/C21H21N5O2/c1-3-26-20(19(14-22)18-9-8-17(27-2)13-21(18)26)12-15-4-6-16(7-5-15)28-11-10-24-25-23/h4-9,13H,3,10-12H2,1-2H3. The van der Waals surface area contributed by atoms with Gasteiger partial charge in [-0.1, -0.05) is 17.2 Å². The molecule has 3 aromatic rings. The molecule has 0 N–H and O–H groups in total. The Balaban J connectivity index is 1.89. The molecule has 0 spiro atoms. The first kappa shape index (κ1) is 19.2. The molecule has 0 unspecified atom stereocenters. The van der Waals surface area contributed by atoms with Crippen molar-refractivity contribution in [1.82, 2.24) is 4.57 Å². The van der Waals surface area contributed by atoms with Crippen molar-refractivity contribution in [3.63, 3.8) is 0 Å². The van der Waals surface area contributed by atoms with E-state index in [1.54, 1.807) is 7.11 Å². The smallest absolute Gasteiger partial charge is 0.120 e. The number of nitriles is 1. The van der Waals surface area contributed by atoms with Crippen LogP contribution in [0.4, 0.5) is 0 Å². The topological polar surface area (TPSA) is 95.9 Å². The fourth-order valence-electron chi connectivity index (χ4n) is 3.32. The molecule has 0 aliphatic heterocycles. The van der Waals surface area contributed by atoms with Gasteiger partial charge in [-0.25, -0.2) is 0 Å². The molecular weight excluding hydrogens is 354 g/mol. The lowest BCUT2D eigenvalue weighted by Gasteiger charge is -2.10. The van der Waals surface area contributed by atoms with Crippen LogP contribution < -0.4 is 9.47 Å². The van der Waals surface area contributed by atoms with Gasteiger partial charge in [-0.2, -0.15) is 5.26 Å². The van der Waals surface area contributed by atoms with Crippen LogP contribution in [0.15, 0.2) is 47.6 Å². The first-order valence-corrected chi connectivity index (χ1v) is 9.03. The summed E-state index contributed by atoms with van der Waals surface area (Å²) in [5.74, 6) is 1.50. The Labute approximate surface area is 163 Å². The van der Waals surface area contributed by atoms with E-state index in [-0.39, 0.29) is 0 Å². The second-order valence-electron chi connectivity index (χ2n) is 6.18. The SMILES string of the molecule is CCn1c(Cc2ccc(OCCN=[N+]=[N-])cc2)c(C#N)c2ccc(OC)cc21. The van der Waals surface area contributed by atoms with Crippen molar-refractivity contribution < 1.29 is 9.47 Å². The molecule has 1 aromatic heterocycles. The van der Waals surface area contributed by atoms with Gasteiger partial charge in [0, 0.05) is 35.0 Å². The summed E-state index contributed by atoms with van der Waals surface area (Å²) < 4.78 is 13.1. The average Bonchev–Trinajstić information content (AvgIpc) is 3.03. The number of hydrogen-bond acceptors (Lipinski definition) is 4. The maximum absolute atomic E-state index is 9.77. The first-order valence-electron chi connectivity index (χ1n) is 9.03. The van der Waals surface area contributed by atoms with Gasteiger partial charge in [0.1, 0.15) is 17.6 Å². The van der Waals surface area contributed by atoms with Crippen LogP contribution in [-0.2, 0) is 13.0 Å². The highest BCUT2D eigenvalue weighted by atomic mass is 16.5. The lowest BCUT2D eigenvalue weighted by atomic mass is 10.1. The normalized spacial score (nSPS) is 10.3. The van der Waals surface area contributed by atoms with Crippen LogP contribution in [0.1, 0.15) is 23.7 Å². The minimum Gasteiger partial charge on any atom is -0.497 e. The van der Waals surface area contributed by atoms with Crippen molar-refractivity contribution in [2.24, 2.45) is 5.11 Å². The lowest BCUT2D eigenvalue weighted by Crippen LogP contribution is -2.03. The predicted molar refractivity (Wildman–Crippen MR) is 108 cm³/mol. The highest BCUT2D eigenvalue weighted by Crippen LogP contribution is 2.30. The third-order valence-electron chi connectivity index (χ3n) is 4.63. The van der Waals surface area contributed by atoms with Gasteiger partial charge in [-0.15, -0.1) is 0 Å². The number of methoxy groups -OCH3 is 1. The zero-order chi connectivity index (χ0) is 19.9. The Morgan fingerprint density at radius 3 is 2.57 bits per heavy atom. The van der Waals surface area contributed by atoms with Gasteiger partial charge >= 0.3 is 0 Å². The first-order chi connectivity index (χ1) is 13.7. The van der Waals surface area contributed by atoms with E-state index in [9.17, 15) is 5.26 Å². The van der Waals surface area contributed by atoms with Crippen molar-refractivity contribution in [2.45, 2.75) is 19.9 Å². The zero-order valence-electron chi connectivity index (χ0n) is 15.9. The minimum atomic E-state index is 0.295. The van der Waals surface area contributed by atoms with Crippen molar-refractivity contribution in [2.75, 3.05) is 20.3 Å². The van der Waals surface area contributed by atoms with Crippen LogP contribution in [0.3, 0.4) is 0 Å². The molecule has 7 heteroatoms. The lowest BCUT2D eigenvalue weighted by molar-refractivity contribution is 0.328. The Morgan fingerprint density at radius 2 is 1.93 bits per heavy atom. The fraction of sp³-hybridized carbons (Fsp3) is 0.286. The van der Waals surface area contributed by atoms with Crippen LogP contribution in [0.5, 0.6) is 11.5 Å². The molecule has 0 saturated heterocycles. The molecular formula is C21H21N5O2. The molecule has 7 nitrogen and oxygen atoms in total. The third kappa shape index (κ3) is 3.88. The van der Waals surface area contributed by atoms with Crippen LogP contribution >= 0.6 is 0 Å². The number of fused-ring (bicyclic) bond motifs is 1. The molecule has 142 valence electrons. The van der Waals surface area contributed by atoms with E-state index in [0.29, 0.717) is 25.1 Å². The maximum Gasteiger partial charge on any atom is 0.120 e. The Bertz CT molecular complexity index is 1060. The summed E-state index contributed by atoms with van der Waals surface area (Å²) in [5, 5.41) is 14.2. The van der Waals surface area contributed by atoms with Crippen LogP contribution in [-0.4, -0.2) is 24.8 Å². The highest BCUT2D eigenvalue weighted by Gasteiger charge is 2.17. The van der Waals surface area contributed by atoms with E-state index in [0.717, 1.165) is 40.2 Å². The predicted octanol–water partition coefficient (Wildman–Crippen LogP) is 4.82. The van der Waals surface area contributed by atoms with Crippen molar-refractivity contribution in [3.05, 3.63) is 69.7 Å². The Kier molecular flexibility index (Phi) is 6.05. The molecule has 0 radical (unpaired) electrons. The summed E-state index contributed by atoms with van der Waals surface area (Å²) in [4.78, 5) is 2.70. The summed E-state index contributed by atoms with van der Waals surface area (Å²) >= 11 is 0. The number of azide groups is 1. The third-order valence-corrected chi connectivity index (χ3v) is 4.63. The quantitative estimate of drug-likeness (QED) is 0.244. The van der Waals surface area contributed by atoms with Gasteiger partial charge in [-0.3, -0.25) is 0 Å². The summed E-state index contributed by atoms with van der Waals surface area (Å²) in [5.41, 5.74) is 12.1. The number of ether oxygens (including phenoxy) is 2. The van der Waals surface area contributed by atoms with E-state index in [1.165, 1.54) is 0 Å². The average molecular weight is 375 g/mol. The van der Waals surface area contributed by atoms with Crippen LogP contribution in [0.2, 0.25) is 0 Å². The molecule has 2 aromatic carbocycles. The Morgan fingerprint density at radius 1 is 1.18 bits per heavy atom. The second-order valence-corrected chi connectivity index (χ2v) is 6.18. The van der Waals surface area contributed by atoms with Gasteiger partial charge in [0.25, 0.3) is 0 Å². The maximum atomic E-state index is 9.77. The monoisotopic (exact) mass is 375 g/mol. The molecule has 1 heterocycles. The molecule has 0 saturated carbocycles. The van der Waals surface area contributed by atoms with Crippen molar-refractivity contribution in [1.29, 1.82) is 5.26 Å². The molecule has 0 bridgehead atoms. The van der Waals surface area contributed by atoms with Gasteiger partial charge in [0.05, 0.1) is 31.3 Å². The zero-order valence-corrected chi connectivity index (χ0v) is 15.9. The van der Waals surface area contributed by atoms with Crippen molar-refractivity contribution >= 4 is 10.9 Å². The number of benzene rings is 2. The van der Waals surface area contributed by atoms with Gasteiger partial charge < -0.3 is 14.0 Å². The number of rotatable bonds is 8. The molecule has 0 fully saturated rings. The molecule has 3 rings (SSSR count). The molecule has 0 atom stereocenters. The van der Waals surface area contributed by atoms with E-state index in [4.69, 9.17) is 15.0 Å². The van der Waals surface area contributed by atoms with E-state index < -0.39 is 0 Å². The molecule has 0 aliphatic rings. The number of nitrogens with zero attached hydrogens (tertiary/aromatic N) is 5. The van der Waals surface area contributed by atoms with Gasteiger partial charge in [-0.05, 0) is 42.3 Å². The molecule has 28 heavy (non-hydrogen) atoms. The minimum absolute atomic E-state index is 0.295. The van der Waals surface area contributed by atoms with Gasteiger partial charge in [0.15, 0.2) is 0 Å². The summed E-state index contributed by atoms with van der Waals surface area (Å²) in [7, 11) is 1.64. The van der Waals surface area contributed by atoms with Crippen molar-refractivity contribution in [3.8, 4) is 17.6 Å². The summed E-state index contributed by atoms with van der Waals surface area (Å²) in [6, 6.07) is 15.9. The summed E-state index contributed by atoms with van der Waals surface area (Å²) in [6.07, 6.45) is 0.646. The van der Waals surface area contributed by atoms with Gasteiger partial charge in [0.2, 0.25) is 0 Å². The Hall–Kier alpha value is -3.62. The van der Waals surface area contributed by atoms with Crippen LogP contribution in [0.25, 0.3) is 21.3 Å². The fourth-order valence-corrected chi connectivity index (χ4v) is 3.32. The van der Waals surface area contributed by atoms with E-state index in [2.05, 4.69) is 27.6 Å². The largest absolute Gasteiger partial charge is 0.497 e.